The molecule has 0 aliphatic rings. The van der Waals surface area contributed by atoms with Crippen LogP contribution in [0.15, 0.2) is 36.4 Å². The lowest BCUT2D eigenvalue weighted by atomic mass is 10.0. The molecule has 108 valence electrons. The van der Waals surface area contributed by atoms with Gasteiger partial charge in [-0.25, -0.2) is 4.39 Å². The Kier molecular flexibility index (Phi) is 5.77. The number of halogens is 1. The predicted molar refractivity (Wildman–Crippen MR) is 79.0 cm³/mol. The first-order chi connectivity index (χ1) is 9.86. The van der Waals surface area contributed by atoms with Gasteiger partial charge in [0.1, 0.15) is 19.0 Å². The summed E-state index contributed by atoms with van der Waals surface area (Å²) in [7, 11) is 1.68. The van der Waals surface area contributed by atoms with Crippen LogP contribution in [0.4, 0.5) is 4.39 Å². The quantitative estimate of drug-likeness (QED) is 0.753. The normalized spacial score (nSPS) is 10.9. The first-order valence-corrected chi connectivity index (χ1v) is 6.76. The Balaban J connectivity index is 2.24. The highest BCUT2D eigenvalue weighted by atomic mass is 19.1. The van der Waals surface area contributed by atoms with Crippen LogP contribution in [0.25, 0.3) is 10.8 Å². The summed E-state index contributed by atoms with van der Waals surface area (Å²) in [5.41, 5.74) is 1.06. The van der Waals surface area contributed by atoms with Crippen molar-refractivity contribution in [3.8, 4) is 5.75 Å². The summed E-state index contributed by atoms with van der Waals surface area (Å²) in [5.74, 6) is 0.742. The highest BCUT2D eigenvalue weighted by Crippen LogP contribution is 2.28. The Morgan fingerprint density at radius 1 is 1.10 bits per heavy atom. The van der Waals surface area contributed by atoms with E-state index in [0.717, 1.165) is 28.6 Å². The second kappa shape index (κ2) is 7.82. The summed E-state index contributed by atoms with van der Waals surface area (Å²) < 4.78 is 22.8. The average molecular weight is 277 g/mol. The van der Waals surface area contributed by atoms with Gasteiger partial charge in [0.15, 0.2) is 0 Å². The number of methoxy groups -OCH3 is 1. The molecule has 0 radical (unpaired) electrons. The highest BCUT2D eigenvalue weighted by molar-refractivity contribution is 5.87. The largest absolute Gasteiger partial charge is 0.491 e. The maximum absolute atomic E-state index is 12.3. The van der Waals surface area contributed by atoms with Crippen molar-refractivity contribution >= 4 is 10.8 Å². The van der Waals surface area contributed by atoms with Crippen molar-refractivity contribution in [1.82, 2.24) is 5.32 Å². The fourth-order valence-corrected chi connectivity index (χ4v) is 2.17. The van der Waals surface area contributed by atoms with Crippen molar-refractivity contribution in [1.29, 1.82) is 0 Å². The summed E-state index contributed by atoms with van der Waals surface area (Å²) in [6.07, 6.45) is 0. The number of hydrogen-bond donors (Lipinski definition) is 1. The van der Waals surface area contributed by atoms with Crippen LogP contribution < -0.4 is 10.1 Å². The molecular formula is C16H20FNO2. The van der Waals surface area contributed by atoms with E-state index in [1.165, 1.54) is 0 Å². The molecule has 0 aliphatic heterocycles. The van der Waals surface area contributed by atoms with Gasteiger partial charge in [-0.05, 0) is 16.8 Å². The zero-order valence-electron chi connectivity index (χ0n) is 11.7. The third-order valence-electron chi connectivity index (χ3n) is 3.12. The molecule has 0 saturated carbocycles. The molecule has 4 heteroatoms. The van der Waals surface area contributed by atoms with Crippen LogP contribution in [0.3, 0.4) is 0 Å². The average Bonchev–Trinajstić information content (AvgIpc) is 2.50. The number of ether oxygens (including phenoxy) is 2. The number of rotatable bonds is 8. The molecule has 0 saturated heterocycles. The fourth-order valence-electron chi connectivity index (χ4n) is 2.17. The molecule has 0 aliphatic carbocycles. The first kappa shape index (κ1) is 14.8. The Hall–Kier alpha value is -1.65. The van der Waals surface area contributed by atoms with E-state index in [0.29, 0.717) is 13.2 Å². The predicted octanol–water partition coefficient (Wildman–Crippen LogP) is 2.92. The number of nitrogens with one attached hydrogen (secondary N) is 1. The van der Waals surface area contributed by atoms with Crippen molar-refractivity contribution in [3.05, 3.63) is 42.0 Å². The topological polar surface area (TPSA) is 30.5 Å². The third-order valence-corrected chi connectivity index (χ3v) is 3.12. The van der Waals surface area contributed by atoms with Gasteiger partial charge in [0.25, 0.3) is 0 Å². The lowest BCUT2D eigenvalue weighted by Crippen LogP contribution is -2.19. The van der Waals surface area contributed by atoms with E-state index in [9.17, 15) is 4.39 Å². The third kappa shape index (κ3) is 3.68. The minimum atomic E-state index is -0.483. The van der Waals surface area contributed by atoms with Crippen molar-refractivity contribution in [2.45, 2.75) is 6.54 Å². The van der Waals surface area contributed by atoms with Gasteiger partial charge in [-0.2, -0.15) is 0 Å². The smallest absolute Gasteiger partial charge is 0.124 e. The van der Waals surface area contributed by atoms with Crippen LogP contribution in [0, 0.1) is 0 Å². The molecule has 0 amide bonds. The number of hydrogen-bond acceptors (Lipinski definition) is 3. The molecule has 2 aromatic carbocycles. The molecule has 0 unspecified atom stereocenters. The van der Waals surface area contributed by atoms with Gasteiger partial charge in [-0.3, -0.25) is 0 Å². The summed E-state index contributed by atoms with van der Waals surface area (Å²) >= 11 is 0. The van der Waals surface area contributed by atoms with Gasteiger partial charge in [-0.15, -0.1) is 0 Å². The van der Waals surface area contributed by atoms with Gasteiger partial charge in [0.2, 0.25) is 0 Å². The maximum Gasteiger partial charge on any atom is 0.124 e. The summed E-state index contributed by atoms with van der Waals surface area (Å²) in [5, 5.41) is 5.60. The zero-order chi connectivity index (χ0) is 14.2. The minimum Gasteiger partial charge on any atom is -0.491 e. The first-order valence-electron chi connectivity index (χ1n) is 6.76. The van der Waals surface area contributed by atoms with E-state index in [1.807, 2.05) is 24.3 Å². The molecule has 0 bridgehead atoms. The van der Waals surface area contributed by atoms with Crippen molar-refractivity contribution in [2.24, 2.45) is 0 Å². The molecule has 0 heterocycles. The van der Waals surface area contributed by atoms with Gasteiger partial charge in [-0.1, -0.05) is 30.3 Å². The van der Waals surface area contributed by atoms with Gasteiger partial charge in [0.05, 0.1) is 6.61 Å². The van der Waals surface area contributed by atoms with E-state index in [2.05, 4.69) is 17.4 Å². The number of benzene rings is 2. The van der Waals surface area contributed by atoms with Crippen LogP contribution in [-0.2, 0) is 11.3 Å². The standard InChI is InChI=1S/C16H20FNO2/c1-19-11-9-18-12-15-14-5-3-2-4-13(14)6-7-16(15)20-10-8-17/h2-7,18H,8-12H2,1H3. The molecular weight excluding hydrogens is 257 g/mol. The number of fused-ring (bicyclic) bond motifs is 1. The summed E-state index contributed by atoms with van der Waals surface area (Å²) in [4.78, 5) is 0. The van der Waals surface area contributed by atoms with Gasteiger partial charge < -0.3 is 14.8 Å². The van der Waals surface area contributed by atoms with E-state index < -0.39 is 6.67 Å². The Labute approximate surface area is 118 Å². The minimum absolute atomic E-state index is 0.0867. The highest BCUT2D eigenvalue weighted by Gasteiger charge is 2.08. The van der Waals surface area contributed by atoms with E-state index >= 15 is 0 Å². The van der Waals surface area contributed by atoms with Crippen molar-refractivity contribution < 1.29 is 13.9 Å². The maximum atomic E-state index is 12.3. The number of alkyl halides is 1. The lowest BCUT2D eigenvalue weighted by molar-refractivity contribution is 0.199. The molecule has 2 rings (SSSR count). The van der Waals surface area contributed by atoms with Gasteiger partial charge in [0, 0.05) is 25.8 Å². The van der Waals surface area contributed by atoms with Crippen LogP contribution in [0.5, 0.6) is 5.75 Å². The molecule has 20 heavy (non-hydrogen) atoms. The summed E-state index contributed by atoms with van der Waals surface area (Å²) in [6.45, 7) is 1.70. The van der Waals surface area contributed by atoms with Crippen LogP contribution in [0.1, 0.15) is 5.56 Å². The molecule has 3 nitrogen and oxygen atoms in total. The molecule has 0 fully saturated rings. The van der Waals surface area contributed by atoms with E-state index in [4.69, 9.17) is 9.47 Å². The van der Waals surface area contributed by atoms with E-state index in [-0.39, 0.29) is 6.61 Å². The Morgan fingerprint density at radius 2 is 1.95 bits per heavy atom. The molecule has 2 aromatic rings. The van der Waals surface area contributed by atoms with Crippen LogP contribution in [-0.4, -0.2) is 33.5 Å². The van der Waals surface area contributed by atoms with Gasteiger partial charge >= 0.3 is 0 Å². The summed E-state index contributed by atoms with van der Waals surface area (Å²) in [6, 6.07) is 12.0. The Morgan fingerprint density at radius 3 is 2.75 bits per heavy atom. The molecule has 0 atom stereocenters. The monoisotopic (exact) mass is 277 g/mol. The van der Waals surface area contributed by atoms with Crippen LogP contribution in [0.2, 0.25) is 0 Å². The molecule has 0 spiro atoms. The second-order valence-electron chi connectivity index (χ2n) is 4.47. The van der Waals surface area contributed by atoms with Crippen molar-refractivity contribution in [3.63, 3.8) is 0 Å². The Bertz CT molecular complexity index is 545. The molecule has 0 aromatic heterocycles. The SMILES string of the molecule is COCCNCc1c(OCCF)ccc2ccccc12. The lowest BCUT2D eigenvalue weighted by Gasteiger charge is -2.14. The molecule has 1 N–H and O–H groups in total. The van der Waals surface area contributed by atoms with Crippen LogP contribution >= 0.6 is 0 Å². The van der Waals surface area contributed by atoms with E-state index in [1.54, 1.807) is 7.11 Å². The van der Waals surface area contributed by atoms with Crippen molar-refractivity contribution in [2.75, 3.05) is 33.5 Å². The second-order valence-corrected chi connectivity index (χ2v) is 4.47. The fraction of sp³-hybridized carbons (Fsp3) is 0.375. The zero-order valence-corrected chi connectivity index (χ0v) is 11.7.